The number of hydrogen-bond donors (Lipinski definition) is 0. The van der Waals surface area contributed by atoms with Crippen LogP contribution in [0.1, 0.15) is 35.3 Å². The van der Waals surface area contributed by atoms with Crippen LogP contribution in [0.2, 0.25) is 0 Å². The number of carbonyl (C=O) groups excluding carboxylic acids is 1. The lowest BCUT2D eigenvalue weighted by atomic mass is 10.3. The molecule has 0 aromatic carbocycles. The molecule has 0 spiro atoms. The average molecular weight is 251 g/mol. The molecule has 0 aliphatic rings. The van der Waals surface area contributed by atoms with E-state index in [0.29, 0.717) is 12.3 Å². The summed E-state index contributed by atoms with van der Waals surface area (Å²) in [5, 5.41) is 0. The van der Waals surface area contributed by atoms with Gasteiger partial charge >= 0.3 is 5.97 Å². The Balaban J connectivity index is 2.15. The Labute approximate surface area is 103 Å². The number of aromatic nitrogens is 3. The van der Waals surface area contributed by atoms with E-state index >= 15 is 0 Å². The highest BCUT2D eigenvalue weighted by Gasteiger charge is 2.14. The minimum atomic E-state index is -0.386. The van der Waals surface area contributed by atoms with Gasteiger partial charge in [-0.1, -0.05) is 0 Å². The van der Waals surface area contributed by atoms with Gasteiger partial charge in [-0.3, -0.25) is 4.98 Å². The van der Waals surface area contributed by atoms with Gasteiger partial charge < -0.3 is 9.30 Å². The first-order chi connectivity index (χ1) is 8.22. The molecule has 0 aliphatic heterocycles. The van der Waals surface area contributed by atoms with Crippen LogP contribution in [0.5, 0.6) is 0 Å². The Morgan fingerprint density at radius 3 is 3.12 bits per heavy atom. The van der Waals surface area contributed by atoms with Gasteiger partial charge in [0.1, 0.15) is 0 Å². The normalized spacial score (nSPS) is 12.4. The molecular weight excluding hydrogens is 238 g/mol. The number of rotatable bonds is 4. The highest BCUT2D eigenvalue weighted by Crippen LogP contribution is 2.21. The van der Waals surface area contributed by atoms with Crippen LogP contribution in [-0.4, -0.2) is 27.1 Å². The van der Waals surface area contributed by atoms with Gasteiger partial charge in [-0.05, 0) is 13.8 Å². The first-order valence-corrected chi connectivity index (χ1v) is 6.19. The van der Waals surface area contributed by atoms with Crippen molar-refractivity contribution < 1.29 is 9.53 Å². The molecule has 0 radical (unpaired) electrons. The molecule has 2 aromatic heterocycles. The SMILES string of the molecule is CCOC(=O)c1cn(C(C)c2cncs2)cn1. The van der Waals surface area contributed by atoms with E-state index < -0.39 is 0 Å². The van der Waals surface area contributed by atoms with Gasteiger partial charge in [0.2, 0.25) is 0 Å². The Kier molecular flexibility index (Phi) is 3.53. The van der Waals surface area contributed by atoms with Crippen molar-refractivity contribution in [3.05, 3.63) is 34.8 Å². The van der Waals surface area contributed by atoms with Gasteiger partial charge in [0.25, 0.3) is 0 Å². The van der Waals surface area contributed by atoms with E-state index in [4.69, 9.17) is 4.74 Å². The van der Waals surface area contributed by atoms with Crippen molar-refractivity contribution in [1.82, 2.24) is 14.5 Å². The largest absolute Gasteiger partial charge is 0.461 e. The fraction of sp³-hybridized carbons (Fsp3) is 0.364. The fourth-order valence-electron chi connectivity index (χ4n) is 1.44. The zero-order valence-corrected chi connectivity index (χ0v) is 10.5. The van der Waals surface area contributed by atoms with Crippen LogP contribution in [-0.2, 0) is 4.74 Å². The van der Waals surface area contributed by atoms with Crippen LogP contribution in [0.4, 0.5) is 0 Å². The second-order valence-corrected chi connectivity index (χ2v) is 4.42. The molecule has 5 nitrogen and oxygen atoms in total. The number of carbonyl (C=O) groups is 1. The standard InChI is InChI=1S/C11H13N3O2S/c1-3-16-11(15)9-5-14(6-13-9)8(2)10-4-12-7-17-10/h4-8H,3H2,1-2H3. The molecule has 0 amide bonds. The summed E-state index contributed by atoms with van der Waals surface area (Å²) in [5.41, 5.74) is 2.12. The molecule has 2 rings (SSSR count). The molecule has 0 saturated carbocycles. The monoisotopic (exact) mass is 251 g/mol. The van der Waals surface area contributed by atoms with Gasteiger partial charge in [0.15, 0.2) is 5.69 Å². The summed E-state index contributed by atoms with van der Waals surface area (Å²) in [4.78, 5) is 20.7. The third-order valence-corrected chi connectivity index (χ3v) is 3.34. The van der Waals surface area contributed by atoms with Crippen molar-refractivity contribution in [3.8, 4) is 0 Å². The van der Waals surface area contributed by atoms with E-state index in [9.17, 15) is 4.79 Å². The van der Waals surface area contributed by atoms with E-state index in [2.05, 4.69) is 9.97 Å². The van der Waals surface area contributed by atoms with Crippen molar-refractivity contribution in [2.45, 2.75) is 19.9 Å². The summed E-state index contributed by atoms with van der Waals surface area (Å²) in [7, 11) is 0. The highest BCUT2D eigenvalue weighted by atomic mass is 32.1. The Morgan fingerprint density at radius 2 is 2.47 bits per heavy atom. The molecule has 0 N–H and O–H groups in total. The van der Waals surface area contributed by atoms with Gasteiger partial charge in [0.05, 0.1) is 24.5 Å². The fourth-order valence-corrected chi connectivity index (χ4v) is 2.12. The molecule has 17 heavy (non-hydrogen) atoms. The lowest BCUT2D eigenvalue weighted by Crippen LogP contribution is -2.06. The number of imidazole rings is 1. The molecule has 0 aliphatic carbocycles. The second-order valence-electron chi connectivity index (χ2n) is 3.51. The van der Waals surface area contributed by atoms with E-state index in [1.807, 2.05) is 17.7 Å². The Hall–Kier alpha value is -1.69. The number of nitrogens with zero attached hydrogens (tertiary/aromatic N) is 3. The van der Waals surface area contributed by atoms with Crippen LogP contribution >= 0.6 is 11.3 Å². The predicted octanol–water partition coefficient (Wildman–Crippen LogP) is 2.13. The van der Waals surface area contributed by atoms with Crippen LogP contribution in [0.3, 0.4) is 0 Å². The van der Waals surface area contributed by atoms with Gasteiger partial charge in [-0.2, -0.15) is 0 Å². The van der Waals surface area contributed by atoms with Crippen molar-refractivity contribution in [2.75, 3.05) is 6.61 Å². The molecular formula is C11H13N3O2S. The van der Waals surface area contributed by atoms with Gasteiger partial charge in [-0.25, -0.2) is 9.78 Å². The third-order valence-electron chi connectivity index (χ3n) is 2.40. The molecule has 2 heterocycles. The second kappa shape index (κ2) is 5.09. The van der Waals surface area contributed by atoms with E-state index in [1.54, 1.807) is 36.3 Å². The lowest BCUT2D eigenvalue weighted by Gasteiger charge is -2.09. The number of hydrogen-bond acceptors (Lipinski definition) is 5. The Morgan fingerprint density at radius 1 is 1.65 bits per heavy atom. The summed E-state index contributed by atoms with van der Waals surface area (Å²) < 4.78 is 6.76. The van der Waals surface area contributed by atoms with Gasteiger partial charge in [-0.15, -0.1) is 11.3 Å². The molecule has 90 valence electrons. The minimum absolute atomic E-state index is 0.123. The summed E-state index contributed by atoms with van der Waals surface area (Å²) in [6.45, 7) is 4.16. The quantitative estimate of drug-likeness (QED) is 0.781. The highest BCUT2D eigenvalue weighted by molar-refractivity contribution is 7.09. The predicted molar refractivity (Wildman–Crippen MR) is 64.1 cm³/mol. The van der Waals surface area contributed by atoms with E-state index in [1.165, 1.54) is 0 Å². The van der Waals surface area contributed by atoms with Crippen molar-refractivity contribution in [1.29, 1.82) is 0 Å². The lowest BCUT2D eigenvalue weighted by molar-refractivity contribution is 0.0520. The molecule has 0 bridgehead atoms. The smallest absolute Gasteiger partial charge is 0.358 e. The Bertz CT molecular complexity index is 493. The average Bonchev–Trinajstić information content (AvgIpc) is 3.00. The molecule has 2 aromatic rings. The molecule has 1 unspecified atom stereocenters. The maximum absolute atomic E-state index is 11.5. The van der Waals surface area contributed by atoms with Gasteiger partial charge in [0, 0.05) is 17.3 Å². The molecule has 1 atom stereocenters. The van der Waals surface area contributed by atoms with Crippen molar-refractivity contribution in [2.24, 2.45) is 0 Å². The van der Waals surface area contributed by atoms with Crippen LogP contribution in [0.25, 0.3) is 0 Å². The maximum atomic E-state index is 11.5. The molecule has 0 saturated heterocycles. The summed E-state index contributed by atoms with van der Waals surface area (Å²) in [6.07, 6.45) is 5.15. The zero-order chi connectivity index (χ0) is 12.3. The molecule has 0 fully saturated rings. The van der Waals surface area contributed by atoms with Crippen LogP contribution in [0.15, 0.2) is 24.2 Å². The summed E-state index contributed by atoms with van der Waals surface area (Å²) in [5.74, 6) is -0.386. The van der Waals surface area contributed by atoms with Crippen LogP contribution < -0.4 is 0 Å². The van der Waals surface area contributed by atoms with Crippen LogP contribution in [0, 0.1) is 0 Å². The van der Waals surface area contributed by atoms with Crippen molar-refractivity contribution >= 4 is 17.3 Å². The van der Waals surface area contributed by atoms with Crippen molar-refractivity contribution in [3.63, 3.8) is 0 Å². The molecule has 6 heteroatoms. The first-order valence-electron chi connectivity index (χ1n) is 5.31. The van der Waals surface area contributed by atoms with E-state index in [0.717, 1.165) is 4.88 Å². The first kappa shape index (κ1) is 11.8. The van der Waals surface area contributed by atoms with E-state index in [-0.39, 0.29) is 12.0 Å². The summed E-state index contributed by atoms with van der Waals surface area (Å²) in [6, 6.07) is 0.123. The number of ether oxygens (including phenoxy) is 1. The third kappa shape index (κ3) is 2.52. The number of thiazole rings is 1. The minimum Gasteiger partial charge on any atom is -0.461 e. The maximum Gasteiger partial charge on any atom is 0.358 e. The number of esters is 1. The summed E-state index contributed by atoms with van der Waals surface area (Å²) >= 11 is 1.58. The zero-order valence-electron chi connectivity index (χ0n) is 9.66. The topological polar surface area (TPSA) is 57.0 Å².